The SMILES string of the molecule is C[C@@H]1CCCN([C@H](C)CNC(=O)[C@@H](C)n2cncn2)C1. The molecule has 0 aromatic carbocycles. The fourth-order valence-electron chi connectivity index (χ4n) is 2.69. The average molecular weight is 279 g/mol. The highest BCUT2D eigenvalue weighted by Crippen LogP contribution is 2.17. The van der Waals surface area contributed by atoms with Crippen molar-refractivity contribution in [1.29, 1.82) is 0 Å². The number of likely N-dealkylation sites (tertiary alicyclic amines) is 1. The van der Waals surface area contributed by atoms with Gasteiger partial charge in [0, 0.05) is 19.1 Å². The van der Waals surface area contributed by atoms with Gasteiger partial charge in [-0.2, -0.15) is 5.10 Å². The number of hydrogen-bond donors (Lipinski definition) is 1. The van der Waals surface area contributed by atoms with E-state index in [9.17, 15) is 4.79 Å². The molecule has 2 heterocycles. The second kappa shape index (κ2) is 6.83. The third-order valence-electron chi connectivity index (χ3n) is 4.10. The van der Waals surface area contributed by atoms with Crippen molar-refractivity contribution in [2.75, 3.05) is 19.6 Å². The summed E-state index contributed by atoms with van der Waals surface area (Å²) in [5.74, 6) is 0.753. The second-order valence-electron chi connectivity index (χ2n) is 5.89. The van der Waals surface area contributed by atoms with Crippen LogP contribution in [0.4, 0.5) is 0 Å². The quantitative estimate of drug-likeness (QED) is 0.876. The van der Waals surface area contributed by atoms with E-state index >= 15 is 0 Å². The fraction of sp³-hybridized carbons (Fsp3) is 0.786. The summed E-state index contributed by atoms with van der Waals surface area (Å²) in [6.07, 6.45) is 5.59. The van der Waals surface area contributed by atoms with Gasteiger partial charge in [-0.3, -0.25) is 9.69 Å². The minimum absolute atomic E-state index is 0.00703. The van der Waals surface area contributed by atoms with Crippen molar-refractivity contribution in [1.82, 2.24) is 25.0 Å². The van der Waals surface area contributed by atoms with Gasteiger partial charge in [0.05, 0.1) is 0 Å². The van der Waals surface area contributed by atoms with Crippen LogP contribution in [-0.2, 0) is 4.79 Å². The molecule has 0 aliphatic carbocycles. The lowest BCUT2D eigenvalue weighted by Gasteiger charge is -2.35. The fourth-order valence-corrected chi connectivity index (χ4v) is 2.69. The second-order valence-corrected chi connectivity index (χ2v) is 5.89. The van der Waals surface area contributed by atoms with Gasteiger partial charge < -0.3 is 5.32 Å². The number of piperidine rings is 1. The molecule has 112 valence electrons. The van der Waals surface area contributed by atoms with E-state index in [0.717, 1.165) is 19.0 Å². The number of rotatable bonds is 5. The molecule has 1 saturated heterocycles. The van der Waals surface area contributed by atoms with Crippen LogP contribution in [-0.4, -0.2) is 51.2 Å². The summed E-state index contributed by atoms with van der Waals surface area (Å²) < 4.78 is 1.57. The lowest BCUT2D eigenvalue weighted by molar-refractivity contribution is -0.124. The molecule has 1 aliphatic rings. The van der Waals surface area contributed by atoms with Crippen molar-refractivity contribution < 1.29 is 4.79 Å². The van der Waals surface area contributed by atoms with Gasteiger partial charge in [0.25, 0.3) is 0 Å². The number of carbonyl (C=O) groups is 1. The number of amides is 1. The van der Waals surface area contributed by atoms with Crippen molar-refractivity contribution in [2.45, 2.75) is 45.7 Å². The van der Waals surface area contributed by atoms with E-state index in [-0.39, 0.29) is 11.9 Å². The first-order chi connectivity index (χ1) is 9.58. The summed E-state index contributed by atoms with van der Waals surface area (Å²) in [6, 6.07) is 0.0645. The molecule has 1 aromatic heterocycles. The molecular weight excluding hydrogens is 254 g/mol. The maximum absolute atomic E-state index is 12.1. The molecule has 0 unspecified atom stereocenters. The van der Waals surface area contributed by atoms with E-state index in [1.54, 1.807) is 11.0 Å². The topological polar surface area (TPSA) is 63.1 Å². The van der Waals surface area contributed by atoms with Crippen LogP contribution in [0, 0.1) is 5.92 Å². The first-order valence-corrected chi connectivity index (χ1v) is 7.43. The van der Waals surface area contributed by atoms with Gasteiger partial charge in [0.1, 0.15) is 18.7 Å². The maximum atomic E-state index is 12.1. The van der Waals surface area contributed by atoms with Crippen LogP contribution in [0.5, 0.6) is 0 Å². The lowest BCUT2D eigenvalue weighted by atomic mass is 9.99. The zero-order chi connectivity index (χ0) is 14.5. The maximum Gasteiger partial charge on any atom is 0.244 e. The average Bonchev–Trinajstić information content (AvgIpc) is 2.97. The minimum Gasteiger partial charge on any atom is -0.353 e. The standard InChI is InChI=1S/C14H25N5O/c1-11-5-4-6-18(8-11)12(2)7-16-14(20)13(3)19-10-15-9-17-19/h9-13H,4-8H2,1-3H3,(H,16,20)/t11-,12-,13-/m1/s1. The van der Waals surface area contributed by atoms with Crippen LogP contribution >= 0.6 is 0 Å². The third-order valence-corrected chi connectivity index (χ3v) is 4.10. The third kappa shape index (κ3) is 3.79. The Morgan fingerprint density at radius 1 is 1.50 bits per heavy atom. The summed E-state index contributed by atoms with van der Waals surface area (Å²) in [5, 5.41) is 7.01. The Bertz CT molecular complexity index is 419. The molecule has 0 spiro atoms. The number of nitrogens with one attached hydrogen (secondary N) is 1. The molecule has 20 heavy (non-hydrogen) atoms. The van der Waals surface area contributed by atoms with Crippen molar-refractivity contribution >= 4 is 5.91 Å². The van der Waals surface area contributed by atoms with Gasteiger partial charge in [0.2, 0.25) is 5.91 Å². The van der Waals surface area contributed by atoms with E-state index in [0.29, 0.717) is 12.6 Å². The number of nitrogens with zero attached hydrogens (tertiary/aromatic N) is 4. The lowest BCUT2D eigenvalue weighted by Crippen LogP contribution is -2.47. The molecule has 1 fully saturated rings. The summed E-state index contributed by atoms with van der Waals surface area (Å²) >= 11 is 0. The first-order valence-electron chi connectivity index (χ1n) is 7.43. The van der Waals surface area contributed by atoms with Gasteiger partial charge in [-0.25, -0.2) is 9.67 Å². The van der Waals surface area contributed by atoms with Crippen LogP contribution in [0.3, 0.4) is 0 Å². The Hall–Kier alpha value is -1.43. The monoisotopic (exact) mass is 279 g/mol. The molecule has 0 radical (unpaired) electrons. The summed E-state index contributed by atoms with van der Waals surface area (Å²) in [6.45, 7) is 9.26. The summed E-state index contributed by atoms with van der Waals surface area (Å²) in [4.78, 5) is 18.4. The highest BCUT2D eigenvalue weighted by Gasteiger charge is 2.22. The Morgan fingerprint density at radius 2 is 2.30 bits per heavy atom. The number of hydrogen-bond acceptors (Lipinski definition) is 4. The smallest absolute Gasteiger partial charge is 0.244 e. The van der Waals surface area contributed by atoms with E-state index in [1.807, 2.05) is 6.92 Å². The van der Waals surface area contributed by atoms with Crippen molar-refractivity contribution in [3.8, 4) is 0 Å². The number of aromatic nitrogens is 3. The van der Waals surface area contributed by atoms with Crippen LogP contribution in [0.15, 0.2) is 12.7 Å². The Balaban J connectivity index is 1.78. The van der Waals surface area contributed by atoms with Crippen LogP contribution < -0.4 is 5.32 Å². The van der Waals surface area contributed by atoms with Gasteiger partial charge in [-0.05, 0) is 39.2 Å². The van der Waals surface area contributed by atoms with E-state index < -0.39 is 0 Å². The van der Waals surface area contributed by atoms with Gasteiger partial charge in [-0.1, -0.05) is 6.92 Å². The van der Waals surface area contributed by atoms with E-state index in [1.165, 1.54) is 19.2 Å². The molecule has 1 aromatic rings. The zero-order valence-corrected chi connectivity index (χ0v) is 12.6. The highest BCUT2D eigenvalue weighted by molar-refractivity contribution is 5.79. The predicted octanol–water partition coefficient (Wildman–Crippen LogP) is 1.08. The molecule has 0 bridgehead atoms. The summed E-state index contributed by atoms with van der Waals surface area (Å²) in [5.41, 5.74) is 0. The molecule has 6 nitrogen and oxygen atoms in total. The highest BCUT2D eigenvalue weighted by atomic mass is 16.2. The summed E-state index contributed by atoms with van der Waals surface area (Å²) in [7, 11) is 0. The molecule has 1 amide bonds. The van der Waals surface area contributed by atoms with Crippen molar-refractivity contribution in [3.63, 3.8) is 0 Å². The zero-order valence-electron chi connectivity index (χ0n) is 12.6. The van der Waals surface area contributed by atoms with E-state index in [4.69, 9.17) is 0 Å². The van der Waals surface area contributed by atoms with Gasteiger partial charge in [0.15, 0.2) is 0 Å². The first kappa shape index (κ1) is 15.0. The van der Waals surface area contributed by atoms with Crippen molar-refractivity contribution in [2.24, 2.45) is 5.92 Å². The van der Waals surface area contributed by atoms with E-state index in [2.05, 4.69) is 34.1 Å². The molecule has 1 aliphatic heterocycles. The van der Waals surface area contributed by atoms with Gasteiger partial charge >= 0.3 is 0 Å². The van der Waals surface area contributed by atoms with Crippen LogP contribution in [0.1, 0.15) is 39.7 Å². The predicted molar refractivity (Wildman–Crippen MR) is 77.2 cm³/mol. The molecule has 6 heteroatoms. The normalized spacial score (nSPS) is 23.2. The molecule has 2 rings (SSSR count). The molecular formula is C14H25N5O. The van der Waals surface area contributed by atoms with Crippen molar-refractivity contribution in [3.05, 3.63) is 12.7 Å². The van der Waals surface area contributed by atoms with Crippen LogP contribution in [0.25, 0.3) is 0 Å². The molecule has 1 N–H and O–H groups in total. The molecule has 3 atom stereocenters. The van der Waals surface area contributed by atoms with Gasteiger partial charge in [-0.15, -0.1) is 0 Å². The Morgan fingerprint density at radius 3 is 2.95 bits per heavy atom. The molecule has 0 saturated carbocycles. The number of carbonyl (C=O) groups excluding carboxylic acids is 1. The largest absolute Gasteiger partial charge is 0.353 e. The van der Waals surface area contributed by atoms with Crippen LogP contribution in [0.2, 0.25) is 0 Å². The Kier molecular flexibility index (Phi) is 5.11. The Labute approximate surface area is 120 Å². The minimum atomic E-state index is -0.315.